The van der Waals surface area contributed by atoms with Crippen LogP contribution in [0, 0.1) is 0 Å². The molecule has 0 aromatic heterocycles. The molecule has 2 atom stereocenters. The molecule has 3 heteroatoms. The van der Waals surface area contributed by atoms with Gasteiger partial charge in [0.15, 0.2) is 0 Å². The maximum atomic E-state index is 9.01. The van der Waals surface area contributed by atoms with E-state index in [1.165, 1.54) is 25.8 Å². The Balaban J connectivity index is 1.87. The molecule has 14 heavy (non-hydrogen) atoms. The van der Waals surface area contributed by atoms with Gasteiger partial charge >= 0.3 is 0 Å². The Kier molecular flexibility index (Phi) is 6.15. The first-order chi connectivity index (χ1) is 6.79. The van der Waals surface area contributed by atoms with Gasteiger partial charge in [-0.05, 0) is 39.2 Å². The number of hydrogen-bond acceptors (Lipinski definition) is 3. The minimum atomic E-state index is -0.234. The molecule has 1 aliphatic rings. The summed E-state index contributed by atoms with van der Waals surface area (Å²) in [6, 6.07) is 0.662. The van der Waals surface area contributed by atoms with Crippen LogP contribution >= 0.6 is 0 Å². The van der Waals surface area contributed by atoms with E-state index in [2.05, 4.69) is 5.32 Å². The number of ether oxygens (including phenoxy) is 1. The third kappa shape index (κ3) is 5.58. The molecule has 3 nitrogen and oxygen atoms in total. The first-order valence-electron chi connectivity index (χ1n) is 5.78. The first-order valence-corrected chi connectivity index (χ1v) is 5.78. The molecule has 0 aromatic carbocycles. The van der Waals surface area contributed by atoms with Crippen LogP contribution in [0.2, 0.25) is 0 Å². The van der Waals surface area contributed by atoms with Crippen molar-refractivity contribution in [2.24, 2.45) is 0 Å². The summed E-state index contributed by atoms with van der Waals surface area (Å²) in [5, 5.41) is 12.5. The van der Waals surface area contributed by atoms with E-state index in [-0.39, 0.29) is 6.10 Å². The van der Waals surface area contributed by atoms with E-state index in [0.717, 1.165) is 19.4 Å². The molecule has 84 valence electrons. The zero-order valence-corrected chi connectivity index (χ0v) is 9.17. The van der Waals surface area contributed by atoms with E-state index < -0.39 is 0 Å². The van der Waals surface area contributed by atoms with Crippen LogP contribution in [0.1, 0.15) is 39.0 Å². The molecule has 0 aliphatic carbocycles. The number of aliphatic hydroxyl groups excluding tert-OH is 1. The SMILES string of the molecule is CC(O)CCOCCC1CCCCN1. The summed E-state index contributed by atoms with van der Waals surface area (Å²) in [7, 11) is 0. The second kappa shape index (κ2) is 7.21. The predicted molar refractivity (Wildman–Crippen MR) is 57.4 cm³/mol. The maximum absolute atomic E-state index is 9.01. The minimum absolute atomic E-state index is 0.234. The Morgan fingerprint density at radius 1 is 1.43 bits per heavy atom. The van der Waals surface area contributed by atoms with Gasteiger partial charge in [-0.15, -0.1) is 0 Å². The lowest BCUT2D eigenvalue weighted by Gasteiger charge is -2.23. The van der Waals surface area contributed by atoms with Crippen molar-refractivity contribution in [1.82, 2.24) is 5.32 Å². The van der Waals surface area contributed by atoms with Gasteiger partial charge in [0.25, 0.3) is 0 Å². The highest BCUT2D eigenvalue weighted by atomic mass is 16.5. The standard InChI is InChI=1S/C11H23NO2/c1-10(13)5-8-14-9-6-11-4-2-3-7-12-11/h10-13H,2-9H2,1H3. The van der Waals surface area contributed by atoms with Crippen LogP contribution in [0.15, 0.2) is 0 Å². The minimum Gasteiger partial charge on any atom is -0.393 e. The molecule has 0 amide bonds. The van der Waals surface area contributed by atoms with Crippen molar-refractivity contribution in [1.29, 1.82) is 0 Å². The Hall–Kier alpha value is -0.120. The van der Waals surface area contributed by atoms with Crippen LogP contribution in [0.5, 0.6) is 0 Å². The van der Waals surface area contributed by atoms with E-state index in [9.17, 15) is 0 Å². The Morgan fingerprint density at radius 3 is 2.93 bits per heavy atom. The second-order valence-electron chi connectivity index (χ2n) is 4.19. The van der Waals surface area contributed by atoms with Gasteiger partial charge < -0.3 is 15.2 Å². The fraction of sp³-hybridized carbons (Fsp3) is 1.00. The molecule has 2 N–H and O–H groups in total. The van der Waals surface area contributed by atoms with Crippen molar-refractivity contribution >= 4 is 0 Å². The number of piperidine rings is 1. The number of nitrogens with one attached hydrogen (secondary N) is 1. The highest BCUT2D eigenvalue weighted by molar-refractivity contribution is 4.71. The Bertz CT molecular complexity index is 133. The van der Waals surface area contributed by atoms with Crippen LogP contribution in [0.25, 0.3) is 0 Å². The molecule has 1 heterocycles. The molecule has 0 spiro atoms. The zero-order valence-electron chi connectivity index (χ0n) is 9.17. The normalized spacial score (nSPS) is 24.9. The lowest BCUT2D eigenvalue weighted by Crippen LogP contribution is -2.34. The average Bonchev–Trinajstić information content (AvgIpc) is 2.18. The summed E-state index contributed by atoms with van der Waals surface area (Å²) in [6.07, 6.45) is 5.59. The summed E-state index contributed by atoms with van der Waals surface area (Å²) < 4.78 is 5.45. The van der Waals surface area contributed by atoms with Gasteiger partial charge in [-0.25, -0.2) is 0 Å². The molecule has 1 aliphatic heterocycles. The van der Waals surface area contributed by atoms with Crippen molar-refractivity contribution in [3.05, 3.63) is 0 Å². The van der Waals surface area contributed by atoms with Crippen molar-refractivity contribution in [2.45, 2.75) is 51.2 Å². The van der Waals surface area contributed by atoms with Crippen LogP contribution in [-0.4, -0.2) is 37.0 Å². The number of aliphatic hydroxyl groups is 1. The van der Waals surface area contributed by atoms with E-state index in [1.807, 2.05) is 0 Å². The molecule has 1 rings (SSSR count). The van der Waals surface area contributed by atoms with Crippen LogP contribution in [-0.2, 0) is 4.74 Å². The van der Waals surface area contributed by atoms with E-state index in [0.29, 0.717) is 12.6 Å². The van der Waals surface area contributed by atoms with E-state index >= 15 is 0 Å². The molecular formula is C11H23NO2. The summed E-state index contributed by atoms with van der Waals surface area (Å²) in [5.41, 5.74) is 0. The molecular weight excluding hydrogens is 178 g/mol. The average molecular weight is 201 g/mol. The third-order valence-electron chi connectivity index (χ3n) is 2.70. The Labute approximate surface area is 86.8 Å². The molecule has 1 fully saturated rings. The molecule has 1 saturated heterocycles. The van der Waals surface area contributed by atoms with Crippen LogP contribution in [0.3, 0.4) is 0 Å². The lowest BCUT2D eigenvalue weighted by molar-refractivity contribution is 0.0824. The number of rotatable bonds is 6. The first kappa shape index (κ1) is 12.0. The van der Waals surface area contributed by atoms with Gasteiger partial charge in [-0.2, -0.15) is 0 Å². The maximum Gasteiger partial charge on any atom is 0.0534 e. The third-order valence-corrected chi connectivity index (χ3v) is 2.70. The van der Waals surface area contributed by atoms with Gasteiger partial charge in [0.05, 0.1) is 6.10 Å². The van der Waals surface area contributed by atoms with Crippen molar-refractivity contribution in [3.8, 4) is 0 Å². The topological polar surface area (TPSA) is 41.5 Å². The van der Waals surface area contributed by atoms with Gasteiger partial charge in [0.1, 0.15) is 0 Å². The summed E-state index contributed by atoms with van der Waals surface area (Å²) in [6.45, 7) is 4.47. The smallest absolute Gasteiger partial charge is 0.0534 e. The second-order valence-corrected chi connectivity index (χ2v) is 4.19. The van der Waals surface area contributed by atoms with Crippen molar-refractivity contribution < 1.29 is 9.84 Å². The fourth-order valence-electron chi connectivity index (χ4n) is 1.75. The molecule has 0 bridgehead atoms. The van der Waals surface area contributed by atoms with E-state index in [1.54, 1.807) is 6.92 Å². The van der Waals surface area contributed by atoms with Gasteiger partial charge in [-0.3, -0.25) is 0 Å². The molecule has 0 aromatic rings. The van der Waals surface area contributed by atoms with Crippen molar-refractivity contribution in [3.63, 3.8) is 0 Å². The molecule has 0 radical (unpaired) electrons. The molecule has 2 unspecified atom stereocenters. The summed E-state index contributed by atoms with van der Waals surface area (Å²) in [4.78, 5) is 0. The highest BCUT2D eigenvalue weighted by Crippen LogP contribution is 2.09. The Morgan fingerprint density at radius 2 is 2.29 bits per heavy atom. The van der Waals surface area contributed by atoms with Gasteiger partial charge in [-0.1, -0.05) is 6.42 Å². The predicted octanol–water partition coefficient (Wildman–Crippen LogP) is 1.31. The summed E-state index contributed by atoms with van der Waals surface area (Å²) >= 11 is 0. The van der Waals surface area contributed by atoms with E-state index in [4.69, 9.17) is 9.84 Å². The van der Waals surface area contributed by atoms with Gasteiger partial charge in [0.2, 0.25) is 0 Å². The van der Waals surface area contributed by atoms with Crippen LogP contribution in [0.4, 0.5) is 0 Å². The van der Waals surface area contributed by atoms with Crippen LogP contribution < -0.4 is 5.32 Å². The van der Waals surface area contributed by atoms with Gasteiger partial charge in [0, 0.05) is 19.3 Å². The number of hydrogen-bond donors (Lipinski definition) is 2. The monoisotopic (exact) mass is 201 g/mol. The summed E-state index contributed by atoms with van der Waals surface area (Å²) in [5.74, 6) is 0. The fourth-order valence-corrected chi connectivity index (χ4v) is 1.75. The zero-order chi connectivity index (χ0) is 10.2. The largest absolute Gasteiger partial charge is 0.393 e. The highest BCUT2D eigenvalue weighted by Gasteiger charge is 2.11. The van der Waals surface area contributed by atoms with Crippen molar-refractivity contribution in [2.75, 3.05) is 19.8 Å². The lowest BCUT2D eigenvalue weighted by atomic mass is 10.0. The quantitative estimate of drug-likeness (QED) is 0.637. The molecule has 0 saturated carbocycles.